The lowest BCUT2D eigenvalue weighted by Crippen LogP contribution is -2.15. The summed E-state index contributed by atoms with van der Waals surface area (Å²) in [6, 6.07) is 9.13. The van der Waals surface area contributed by atoms with E-state index in [1.807, 2.05) is 0 Å². The largest absolute Gasteiger partial charge is 0.508 e. The van der Waals surface area contributed by atoms with E-state index in [1.54, 1.807) is 0 Å². The number of hydrogen-bond donors (Lipinski definition) is 2. The number of carbonyl (C=O) groups is 3. The molecule has 2 N–H and O–H groups in total. The van der Waals surface area contributed by atoms with Crippen LogP contribution in [0.2, 0.25) is 0 Å². The number of Topliss-reactive ketones (excluding diaryl/α,β-unsaturated/α-hetero) is 2. The minimum Gasteiger partial charge on any atom is -0.508 e. The first-order valence-electron chi connectivity index (χ1n) is 10.7. The molecular formula is C27H16O9. The van der Waals surface area contributed by atoms with Crippen molar-refractivity contribution >= 4 is 50.4 Å². The Morgan fingerprint density at radius 2 is 1.58 bits per heavy atom. The van der Waals surface area contributed by atoms with Gasteiger partial charge in [-0.2, -0.15) is 0 Å². The van der Waals surface area contributed by atoms with Gasteiger partial charge in [-0.25, -0.2) is 4.79 Å². The summed E-state index contributed by atoms with van der Waals surface area (Å²) in [6.07, 6.45) is 1.08. The van der Waals surface area contributed by atoms with Crippen LogP contribution in [0.3, 0.4) is 0 Å². The average Bonchev–Trinajstić information content (AvgIpc) is 2.82. The van der Waals surface area contributed by atoms with Crippen LogP contribution in [0.15, 0.2) is 67.2 Å². The topological polar surface area (TPSA) is 152 Å². The third-order valence-corrected chi connectivity index (χ3v) is 5.98. The molecule has 0 spiro atoms. The number of carbonyl (C=O) groups excluding carboxylic acids is 2. The number of carboxylic acid groups (broad SMARTS) is 1. The van der Waals surface area contributed by atoms with Gasteiger partial charge in [0.05, 0.1) is 32.8 Å². The molecule has 0 radical (unpaired) electrons. The normalized spacial score (nSPS) is 11.3. The molecule has 0 saturated carbocycles. The fourth-order valence-corrected chi connectivity index (χ4v) is 4.40. The van der Waals surface area contributed by atoms with Crippen molar-refractivity contribution in [2.75, 3.05) is 0 Å². The van der Waals surface area contributed by atoms with Crippen LogP contribution in [0.5, 0.6) is 5.75 Å². The minimum absolute atomic E-state index is 0.0666. The van der Waals surface area contributed by atoms with Crippen LogP contribution in [0, 0.1) is 0 Å². The highest BCUT2D eigenvalue weighted by Crippen LogP contribution is 2.35. The Morgan fingerprint density at radius 1 is 0.833 bits per heavy atom. The highest BCUT2D eigenvalue weighted by atomic mass is 16.4. The lowest BCUT2D eigenvalue weighted by Gasteiger charge is -2.15. The fourth-order valence-electron chi connectivity index (χ4n) is 4.40. The van der Waals surface area contributed by atoms with Crippen molar-refractivity contribution in [1.82, 2.24) is 0 Å². The standard InChI is InChI=1S/C27H16O9/c1-11(28)16-9-17-25(32)23-15(27(33)34)4-3-5-19(23)36-26(17)21(12(2)29)22(16)18-10-35-20-8-13(30)6-7-14(20)24(18)31/h3-10,30H,1-2H3,(H,33,34). The predicted molar refractivity (Wildman–Crippen MR) is 130 cm³/mol. The number of phenols is 1. The van der Waals surface area contributed by atoms with Gasteiger partial charge in [0.25, 0.3) is 0 Å². The third-order valence-electron chi connectivity index (χ3n) is 5.98. The van der Waals surface area contributed by atoms with E-state index >= 15 is 0 Å². The Labute approximate surface area is 200 Å². The zero-order valence-electron chi connectivity index (χ0n) is 18.9. The summed E-state index contributed by atoms with van der Waals surface area (Å²) in [5.41, 5.74) is -2.25. The summed E-state index contributed by atoms with van der Waals surface area (Å²) in [5, 5.41) is 19.0. The van der Waals surface area contributed by atoms with E-state index in [1.165, 1.54) is 56.3 Å². The van der Waals surface area contributed by atoms with Crippen molar-refractivity contribution in [3.8, 4) is 16.9 Å². The van der Waals surface area contributed by atoms with Crippen LogP contribution >= 0.6 is 0 Å². The monoisotopic (exact) mass is 484 g/mol. The van der Waals surface area contributed by atoms with Crippen molar-refractivity contribution < 1.29 is 33.4 Å². The first-order chi connectivity index (χ1) is 17.1. The van der Waals surface area contributed by atoms with E-state index < -0.39 is 28.4 Å². The summed E-state index contributed by atoms with van der Waals surface area (Å²) in [6.45, 7) is 2.40. The second-order valence-electron chi connectivity index (χ2n) is 8.24. The zero-order valence-corrected chi connectivity index (χ0v) is 18.9. The number of aromatic hydroxyl groups is 1. The highest BCUT2D eigenvalue weighted by molar-refractivity contribution is 6.18. The van der Waals surface area contributed by atoms with Gasteiger partial charge < -0.3 is 19.0 Å². The second-order valence-corrected chi connectivity index (χ2v) is 8.24. The van der Waals surface area contributed by atoms with Crippen LogP contribution in [-0.2, 0) is 0 Å². The van der Waals surface area contributed by atoms with Crippen molar-refractivity contribution in [3.63, 3.8) is 0 Å². The van der Waals surface area contributed by atoms with E-state index in [0.29, 0.717) is 0 Å². The Kier molecular flexibility index (Phi) is 5.06. The highest BCUT2D eigenvalue weighted by Gasteiger charge is 2.27. The van der Waals surface area contributed by atoms with Gasteiger partial charge in [-0.1, -0.05) is 6.07 Å². The third kappa shape index (κ3) is 3.29. The van der Waals surface area contributed by atoms with E-state index in [9.17, 15) is 34.2 Å². The lowest BCUT2D eigenvalue weighted by atomic mass is 9.88. The van der Waals surface area contributed by atoms with E-state index in [2.05, 4.69) is 0 Å². The van der Waals surface area contributed by atoms with Gasteiger partial charge in [0, 0.05) is 17.2 Å². The molecule has 0 saturated heterocycles. The minimum atomic E-state index is -1.35. The van der Waals surface area contributed by atoms with Gasteiger partial charge in [-0.15, -0.1) is 0 Å². The van der Waals surface area contributed by atoms with E-state index in [-0.39, 0.29) is 66.5 Å². The summed E-state index contributed by atoms with van der Waals surface area (Å²) in [7, 11) is 0. The SMILES string of the molecule is CC(=O)c1cc2c(=O)c3c(C(=O)O)cccc3oc2c(C(C)=O)c1-c1coc2cc(O)ccc2c1=O. The molecule has 0 aliphatic rings. The average molecular weight is 484 g/mol. The fraction of sp³-hybridized carbons (Fsp3) is 0.0741. The summed E-state index contributed by atoms with van der Waals surface area (Å²) in [4.78, 5) is 64.2. The first-order valence-corrected chi connectivity index (χ1v) is 10.7. The molecule has 0 fully saturated rings. The Hall–Kier alpha value is -5.05. The Bertz CT molecular complexity index is 1920. The molecule has 0 aliphatic carbocycles. The molecule has 5 aromatic rings. The molecule has 36 heavy (non-hydrogen) atoms. The van der Waals surface area contributed by atoms with Crippen LogP contribution in [0.4, 0.5) is 0 Å². The van der Waals surface area contributed by atoms with Gasteiger partial charge in [-0.05, 0) is 44.2 Å². The quantitative estimate of drug-likeness (QED) is 0.277. The van der Waals surface area contributed by atoms with Crippen LogP contribution in [0.1, 0.15) is 44.9 Å². The van der Waals surface area contributed by atoms with Crippen molar-refractivity contribution in [3.05, 3.63) is 85.9 Å². The Balaban J connectivity index is 2.01. The molecule has 9 nitrogen and oxygen atoms in total. The van der Waals surface area contributed by atoms with Gasteiger partial charge in [0.15, 0.2) is 11.6 Å². The number of ketones is 2. The summed E-state index contributed by atoms with van der Waals surface area (Å²) < 4.78 is 11.4. The second kappa shape index (κ2) is 8.02. The van der Waals surface area contributed by atoms with E-state index in [0.717, 1.165) is 6.26 Å². The molecule has 2 aromatic heterocycles. The van der Waals surface area contributed by atoms with Gasteiger partial charge in [-0.3, -0.25) is 19.2 Å². The van der Waals surface area contributed by atoms with Crippen LogP contribution in [-0.4, -0.2) is 27.7 Å². The number of aromatic carboxylic acids is 1. The number of rotatable bonds is 4. The molecular weight excluding hydrogens is 468 g/mol. The van der Waals surface area contributed by atoms with E-state index in [4.69, 9.17) is 8.83 Å². The number of carboxylic acids is 1. The Morgan fingerprint density at radius 3 is 2.25 bits per heavy atom. The molecule has 0 bridgehead atoms. The molecule has 5 rings (SSSR count). The first kappa shape index (κ1) is 22.7. The lowest BCUT2D eigenvalue weighted by molar-refractivity contribution is 0.0698. The summed E-state index contributed by atoms with van der Waals surface area (Å²) in [5.74, 6) is -2.61. The van der Waals surface area contributed by atoms with Crippen molar-refractivity contribution in [1.29, 1.82) is 0 Å². The van der Waals surface area contributed by atoms with Crippen LogP contribution < -0.4 is 10.9 Å². The molecule has 9 heteroatoms. The number of phenolic OH excluding ortho intramolecular Hbond substituents is 1. The maximum absolute atomic E-state index is 13.4. The molecule has 178 valence electrons. The molecule has 3 aromatic carbocycles. The molecule has 0 aliphatic heterocycles. The van der Waals surface area contributed by atoms with Crippen LogP contribution in [0.25, 0.3) is 44.0 Å². The number of fused-ring (bicyclic) bond motifs is 3. The maximum Gasteiger partial charge on any atom is 0.336 e. The number of hydrogen-bond acceptors (Lipinski definition) is 8. The molecule has 2 heterocycles. The van der Waals surface area contributed by atoms with Crippen molar-refractivity contribution in [2.45, 2.75) is 13.8 Å². The van der Waals surface area contributed by atoms with Crippen molar-refractivity contribution in [2.24, 2.45) is 0 Å². The maximum atomic E-state index is 13.4. The van der Waals surface area contributed by atoms with Gasteiger partial charge >= 0.3 is 5.97 Å². The van der Waals surface area contributed by atoms with Gasteiger partial charge in [0.1, 0.15) is 28.8 Å². The number of benzene rings is 3. The van der Waals surface area contributed by atoms with Gasteiger partial charge in [0.2, 0.25) is 10.9 Å². The molecule has 0 amide bonds. The zero-order chi connectivity index (χ0) is 25.9. The smallest absolute Gasteiger partial charge is 0.336 e. The molecule has 0 unspecified atom stereocenters. The molecule has 0 atom stereocenters. The summed E-state index contributed by atoms with van der Waals surface area (Å²) >= 11 is 0. The predicted octanol–water partition coefficient (Wildman–Crippen LogP) is 4.53.